The van der Waals surface area contributed by atoms with E-state index in [9.17, 15) is 29.7 Å². The molecular formula is C6H15B24I20N3O6. The van der Waals surface area contributed by atoms with Gasteiger partial charge in [-0.1, -0.05) is 0 Å². The highest BCUT2D eigenvalue weighted by Gasteiger charge is 2.57. The highest BCUT2D eigenvalue weighted by atomic mass is 127. The second-order valence-electron chi connectivity index (χ2n) is 12.7. The van der Waals surface area contributed by atoms with E-state index in [0.717, 1.165) is 0 Å². The molecule has 0 heterocycles. The Labute approximate surface area is 628 Å². The molecule has 0 spiro atoms. The lowest BCUT2D eigenvalue weighted by Gasteiger charge is -2.36. The van der Waals surface area contributed by atoms with Crippen LogP contribution in [0.4, 0.5) is 0 Å². The van der Waals surface area contributed by atoms with Gasteiger partial charge in [-0.25, -0.2) is 0 Å². The zero-order chi connectivity index (χ0) is 46.5. The van der Waals surface area contributed by atoms with Crippen molar-refractivity contribution in [1.29, 1.82) is 0 Å². The third kappa shape index (κ3) is 24.8. The van der Waals surface area contributed by atoms with Crippen molar-refractivity contribution in [2.75, 3.05) is 19.8 Å². The average Bonchev–Trinajstić information content (AvgIpc) is 3.22. The molecule has 0 aliphatic rings. The molecule has 0 saturated heterocycles. The second-order valence-corrected chi connectivity index (χ2v) is 42.2. The van der Waals surface area contributed by atoms with Gasteiger partial charge in [0.2, 0.25) is 26.4 Å². The third-order valence-electron chi connectivity index (χ3n) is 8.32. The van der Waals surface area contributed by atoms with Gasteiger partial charge in [0.1, 0.15) is 19.8 Å². The fourth-order valence-corrected chi connectivity index (χ4v) is 34.0. The smallest absolute Gasteiger partial charge is 0.284 e. The molecule has 0 radical (unpaired) electrons. The number of nitrogens with zero attached hydrogens (tertiary/aromatic N) is 1. The quantitative estimate of drug-likeness (QED) is 0.0633. The van der Waals surface area contributed by atoms with E-state index in [-0.39, 0.29) is 101 Å². The number of halogens is 20. The van der Waals surface area contributed by atoms with Crippen LogP contribution in [-0.4, -0.2) is 174 Å². The Kier molecular flexibility index (Phi) is 48.5. The van der Waals surface area contributed by atoms with Gasteiger partial charge in [-0.15, -0.1) is 44.7 Å². The molecule has 3 amide bonds. The minimum absolute atomic E-state index is 0.0218. The molecule has 0 atom stereocenters. The number of carbonyl (C=O) groups excluding carboxylic acids is 3. The summed E-state index contributed by atoms with van der Waals surface area (Å²) in [6, 6.07) is 0. The first-order valence-electron chi connectivity index (χ1n) is 16.6. The van der Waals surface area contributed by atoms with Crippen LogP contribution in [0.1, 0.15) is 0 Å². The van der Waals surface area contributed by atoms with Gasteiger partial charge in [0.05, 0.1) is 15.5 Å². The monoisotopic (exact) mass is 3030 g/mol. The first-order valence-corrected chi connectivity index (χ1v) is 41.5. The van der Waals surface area contributed by atoms with Gasteiger partial charge in [-0.2, -0.15) is 403 Å². The maximum absolute atomic E-state index is 13.7. The molecule has 0 fully saturated rings. The fourth-order valence-electron chi connectivity index (χ4n) is 4.94. The van der Waals surface area contributed by atoms with E-state index in [4.69, 9.17) is 0 Å². The predicted octanol–water partition coefficient (Wildman–Crippen LogP) is 3.36. The van der Waals surface area contributed by atoms with Gasteiger partial charge in [-0.05, 0) is 0 Å². The van der Waals surface area contributed by atoms with Crippen molar-refractivity contribution in [3.63, 3.8) is 0 Å². The van der Waals surface area contributed by atoms with Crippen LogP contribution < -0.4 is 10.5 Å². The number of rotatable bonds is 27. The van der Waals surface area contributed by atoms with Crippen LogP contribution in [0, 0.1) is 0 Å². The summed E-state index contributed by atoms with van der Waals surface area (Å²) < 4.78 is 4.96. The summed E-state index contributed by atoms with van der Waals surface area (Å²) in [5, 5.41) is 36.0. The van der Waals surface area contributed by atoms with Crippen molar-refractivity contribution in [2.45, 2.75) is 0 Å². The molecule has 53 heteroatoms. The molecule has 0 saturated carbocycles. The molecule has 0 aromatic carbocycles. The van der Waals surface area contributed by atoms with Gasteiger partial charge in [-0.3, -0.25) is 14.4 Å². The molecule has 0 aliphatic carbocycles. The van der Waals surface area contributed by atoms with Crippen molar-refractivity contribution in [3.8, 4) is 0 Å². The van der Waals surface area contributed by atoms with Gasteiger partial charge >= 0.3 is 0 Å². The Morgan fingerprint density at radius 2 is 0.593 bits per heavy atom. The van der Waals surface area contributed by atoms with E-state index in [1.807, 2.05) is 4.72 Å². The molecule has 5 N–H and O–H groups in total. The van der Waals surface area contributed by atoms with Crippen molar-refractivity contribution < 1.29 is 29.7 Å². The van der Waals surface area contributed by atoms with Crippen molar-refractivity contribution >= 4 is 581 Å². The SMILES string of the molecule is BB(I)B(I)B(I)B(I)B(NC(=O)CO)B(I)B(I)B(I)B(I)B(I)B(I)N(B(I)B(I)B(I)B(I)B(I)B(I)B(NC(=O)CO)B(I)B(I)B(I)B(B)I)C(=O)CO. The molecule has 0 unspecified atom stereocenters. The first-order chi connectivity index (χ1) is 27.1. The van der Waals surface area contributed by atoms with Crippen LogP contribution in [0.15, 0.2) is 0 Å². The van der Waals surface area contributed by atoms with E-state index >= 15 is 0 Å². The van der Waals surface area contributed by atoms with E-state index in [2.05, 4.69) is 473 Å². The number of aliphatic hydroxyl groups is 3. The average molecular weight is 3020 g/mol. The molecule has 9 nitrogen and oxygen atoms in total. The first kappa shape index (κ1) is 73.4. The second kappa shape index (κ2) is 38.9. The number of hydrogen-bond donors (Lipinski definition) is 5. The third-order valence-corrected chi connectivity index (χ3v) is 59.9. The van der Waals surface area contributed by atoms with Crippen molar-refractivity contribution in [2.24, 2.45) is 0 Å². The summed E-state index contributed by atoms with van der Waals surface area (Å²) in [6.07, 6.45) is 0. The number of amides is 3. The molecule has 0 bridgehead atoms. The van der Waals surface area contributed by atoms with Crippen LogP contribution in [-0.2, 0) is 14.4 Å². The molecule has 302 valence electrons. The summed E-state index contributed by atoms with van der Waals surface area (Å²) in [7, 11) is 4.42. The Morgan fingerprint density at radius 3 is 0.814 bits per heavy atom. The van der Waals surface area contributed by atoms with E-state index < -0.39 is 19.8 Å². The van der Waals surface area contributed by atoms with Crippen LogP contribution >= 0.6 is 447 Å². The lowest BCUT2D eigenvalue weighted by atomic mass is 8.82. The Hall–Kier alpha value is 14.4. The zero-order valence-electron chi connectivity index (χ0n) is 29.9. The van der Waals surface area contributed by atoms with Gasteiger partial charge in [0.25, 0.3) is 9.19 Å². The Balaban J connectivity index is 6.44. The molecule has 59 heavy (non-hydrogen) atoms. The predicted molar refractivity (Wildman–Crippen MR) is 468 cm³/mol. The van der Waals surface area contributed by atoms with Crippen LogP contribution in [0.5, 0.6) is 0 Å². The van der Waals surface area contributed by atoms with Crippen LogP contribution in [0.2, 0.25) is 0 Å². The largest absolute Gasteiger partial charge is 0.423 e. The minimum Gasteiger partial charge on any atom is -0.423 e. The van der Waals surface area contributed by atoms with Gasteiger partial charge in [0, 0.05) is 0 Å². The van der Waals surface area contributed by atoms with E-state index in [1.165, 1.54) is 0 Å². The van der Waals surface area contributed by atoms with Crippen LogP contribution in [0.3, 0.4) is 0 Å². The summed E-state index contributed by atoms with van der Waals surface area (Å²) in [4.78, 5) is 39.0. The zero-order valence-corrected chi connectivity index (χ0v) is 73.0. The fraction of sp³-hybridized carbons (Fsp3) is 0.500. The summed E-state index contributed by atoms with van der Waals surface area (Å²) in [6.45, 7) is -2.02. The van der Waals surface area contributed by atoms with Crippen molar-refractivity contribution in [1.82, 2.24) is 15.2 Å². The maximum Gasteiger partial charge on any atom is 0.284 e. The summed E-state index contributed by atoms with van der Waals surface area (Å²) in [5.41, 5.74) is 0. The Morgan fingerprint density at radius 1 is 0.373 bits per heavy atom. The highest BCUT2D eigenvalue weighted by molar-refractivity contribution is 14.2. The van der Waals surface area contributed by atoms with Crippen LogP contribution in [0.25, 0.3) is 0 Å². The lowest BCUT2D eigenvalue weighted by molar-refractivity contribution is -0.126. The normalized spacial score (nSPS) is 10.2. The number of hydrogen-bond acceptors (Lipinski definition) is 6. The standard InChI is InChI=1S/C6H15B24I20N3O6/c7-9(31)11(33)13(35)21(43)27(51-4(57)1-54)23(45)17(39)15(37)19(41)25(47)29(49)53(6(59)3-56)30(50)26(48)20(42)16(38)18(40)24(46)28(52-5(58)2-55)22(44)14(36)12(34)10(8)32/h54-56H,1-3,7-8H2,(H,51,57)(H,52,58). The number of carbonyl (C=O) groups is 3. The maximum atomic E-state index is 13.7. The summed E-state index contributed by atoms with van der Waals surface area (Å²) >= 11 is 49.9. The highest BCUT2D eigenvalue weighted by Crippen LogP contribution is 2.33. The molecular weight excluding hydrogens is 3010 g/mol. The molecule has 0 rings (SSSR count). The van der Waals surface area contributed by atoms with E-state index in [1.54, 1.807) is 0 Å². The van der Waals surface area contributed by atoms with Crippen molar-refractivity contribution in [3.05, 3.63) is 0 Å². The van der Waals surface area contributed by atoms with Gasteiger partial charge < -0.3 is 30.5 Å². The Bertz CT molecular complexity index is 1220. The number of nitrogens with one attached hydrogen (secondary N) is 2. The number of aliphatic hydroxyl groups excluding tert-OH is 3. The molecule has 0 aromatic heterocycles. The van der Waals surface area contributed by atoms with Gasteiger partial charge in [0.15, 0.2) is 82.9 Å². The minimum atomic E-state index is -0.580. The van der Waals surface area contributed by atoms with E-state index in [0.29, 0.717) is 17.4 Å². The molecule has 0 aliphatic heterocycles. The summed E-state index contributed by atoms with van der Waals surface area (Å²) in [5.74, 6) is -1.04. The topological polar surface area (TPSA) is 139 Å². The molecule has 0 aromatic rings. The lowest BCUT2D eigenvalue weighted by Crippen LogP contribution is -2.71.